The molecule has 1 aliphatic rings. The van der Waals surface area contributed by atoms with Crippen LogP contribution in [0.25, 0.3) is 0 Å². The van der Waals surface area contributed by atoms with Crippen molar-refractivity contribution in [3.63, 3.8) is 0 Å². The van der Waals surface area contributed by atoms with Crippen LogP contribution in [0.4, 0.5) is 0 Å². The van der Waals surface area contributed by atoms with E-state index < -0.39 is 63.2 Å². The highest BCUT2D eigenvalue weighted by atomic mass is 31.2. The molecule has 0 aromatic rings. The molecule has 1 saturated carbocycles. The van der Waals surface area contributed by atoms with Gasteiger partial charge in [-0.15, -0.1) is 0 Å². The van der Waals surface area contributed by atoms with Gasteiger partial charge in [-0.2, -0.15) is 0 Å². The molecule has 6 unspecified atom stereocenters. The number of aliphatic hydroxyl groups excluding tert-OH is 6. The Morgan fingerprint density at radius 3 is 0.958 bits per heavy atom. The molecule has 12 nitrogen and oxygen atoms in total. The second-order valence-corrected chi connectivity index (χ2v) is 23.7. The summed E-state index contributed by atoms with van der Waals surface area (Å²) in [5, 5.41) is 64.2. The van der Waals surface area contributed by atoms with Crippen LogP contribution in [-0.4, -0.2) is 96.8 Å². The van der Waals surface area contributed by atoms with Crippen LogP contribution in [0, 0.1) is 0 Å². The van der Waals surface area contributed by atoms with Crippen molar-refractivity contribution in [2.45, 2.75) is 364 Å². The Hall–Kier alpha value is -0.660. The Labute approximate surface area is 442 Å². The Balaban J connectivity index is 2.07. The SMILES string of the molecule is CCCCCCCCCCCCCCCCCCCCCCCCCCCCCCCCCCCCCCC(=O)N[C@@H](COP(=O)(O)OC1C(O)C(O)C(O)[C@@H](O)C1O)[C@H](O)CCCCCCCCCCC. The molecule has 0 aromatic carbocycles. The van der Waals surface area contributed by atoms with Crippen LogP contribution in [0.5, 0.6) is 0 Å². The van der Waals surface area contributed by atoms with Gasteiger partial charge >= 0.3 is 7.82 Å². The second-order valence-electron chi connectivity index (χ2n) is 22.3. The molecule has 0 aromatic heterocycles. The molecule has 9 atom stereocenters. The summed E-state index contributed by atoms with van der Waals surface area (Å²) in [5.41, 5.74) is 0. The fraction of sp³-hybridized carbons (Fsp3) is 0.983. The molecular weight excluding hydrogens is 930 g/mol. The van der Waals surface area contributed by atoms with Crippen LogP contribution in [0.3, 0.4) is 0 Å². The largest absolute Gasteiger partial charge is 0.472 e. The summed E-state index contributed by atoms with van der Waals surface area (Å²) in [6.45, 7) is 3.90. The van der Waals surface area contributed by atoms with E-state index in [1.165, 1.54) is 238 Å². The number of rotatable bonds is 54. The van der Waals surface area contributed by atoms with E-state index in [0.717, 1.165) is 38.5 Å². The third-order valence-electron chi connectivity index (χ3n) is 15.4. The van der Waals surface area contributed by atoms with Gasteiger partial charge in [-0.1, -0.05) is 296 Å². The Kier molecular flexibility index (Phi) is 46.9. The van der Waals surface area contributed by atoms with Crippen molar-refractivity contribution >= 4 is 13.7 Å². The lowest BCUT2D eigenvalue weighted by Gasteiger charge is -2.41. The molecular formula is C59H118NO11P. The summed E-state index contributed by atoms with van der Waals surface area (Å²) >= 11 is 0. The van der Waals surface area contributed by atoms with Crippen LogP contribution in [0.1, 0.15) is 316 Å². The highest BCUT2D eigenvalue weighted by Gasteiger charge is 2.51. The van der Waals surface area contributed by atoms with E-state index in [9.17, 15) is 44.9 Å². The Morgan fingerprint density at radius 2 is 0.667 bits per heavy atom. The highest BCUT2D eigenvalue weighted by Crippen LogP contribution is 2.47. The molecule has 0 spiro atoms. The van der Waals surface area contributed by atoms with Gasteiger partial charge in [-0.3, -0.25) is 13.8 Å². The Morgan fingerprint density at radius 1 is 0.417 bits per heavy atom. The van der Waals surface area contributed by atoms with E-state index in [-0.39, 0.29) is 12.3 Å². The normalized spacial score (nSPS) is 21.0. The third-order valence-corrected chi connectivity index (χ3v) is 16.4. The monoisotopic (exact) mass is 1050 g/mol. The summed E-state index contributed by atoms with van der Waals surface area (Å²) in [6, 6.07) is -1.03. The van der Waals surface area contributed by atoms with Crippen molar-refractivity contribution in [2.75, 3.05) is 6.61 Å². The Bertz CT molecular complexity index is 1220. The van der Waals surface area contributed by atoms with Gasteiger partial charge in [0.25, 0.3) is 0 Å². The van der Waals surface area contributed by atoms with Gasteiger partial charge in [-0.05, 0) is 12.8 Å². The minimum absolute atomic E-state index is 0.243. The van der Waals surface area contributed by atoms with Gasteiger partial charge in [0.05, 0.1) is 18.8 Å². The first kappa shape index (κ1) is 69.4. The van der Waals surface area contributed by atoms with Crippen molar-refractivity contribution in [1.82, 2.24) is 5.32 Å². The van der Waals surface area contributed by atoms with Crippen LogP contribution in [0.15, 0.2) is 0 Å². The molecule has 72 heavy (non-hydrogen) atoms. The number of carbonyl (C=O) groups excluding carboxylic acids is 1. The van der Waals surface area contributed by atoms with Crippen LogP contribution in [-0.2, 0) is 18.4 Å². The summed E-state index contributed by atoms with van der Waals surface area (Å²) in [4.78, 5) is 23.5. The van der Waals surface area contributed by atoms with E-state index in [0.29, 0.717) is 19.3 Å². The summed E-state index contributed by atoms with van der Waals surface area (Å²) in [5.74, 6) is -0.303. The van der Waals surface area contributed by atoms with Crippen molar-refractivity contribution in [2.24, 2.45) is 0 Å². The van der Waals surface area contributed by atoms with E-state index >= 15 is 0 Å². The zero-order valence-electron chi connectivity index (χ0n) is 46.8. The molecule has 8 N–H and O–H groups in total. The summed E-state index contributed by atoms with van der Waals surface area (Å²) in [7, 11) is -5.05. The second kappa shape index (κ2) is 48.7. The molecule has 0 bridgehead atoms. The van der Waals surface area contributed by atoms with Crippen molar-refractivity contribution < 1.29 is 53.9 Å². The predicted molar refractivity (Wildman–Crippen MR) is 297 cm³/mol. The first-order valence-electron chi connectivity index (χ1n) is 31.0. The highest BCUT2D eigenvalue weighted by molar-refractivity contribution is 7.47. The molecule has 1 aliphatic carbocycles. The summed E-state index contributed by atoms with van der Waals surface area (Å²) in [6.07, 6.45) is 46.4. The topological polar surface area (TPSA) is 206 Å². The fourth-order valence-electron chi connectivity index (χ4n) is 10.4. The van der Waals surface area contributed by atoms with Crippen LogP contribution >= 0.6 is 7.82 Å². The van der Waals surface area contributed by atoms with Gasteiger partial charge in [0.2, 0.25) is 5.91 Å². The van der Waals surface area contributed by atoms with Crippen LogP contribution < -0.4 is 5.32 Å². The fourth-order valence-corrected chi connectivity index (χ4v) is 11.4. The van der Waals surface area contributed by atoms with Gasteiger partial charge in [0.15, 0.2) is 0 Å². The number of carbonyl (C=O) groups is 1. The number of phosphoric acid groups is 1. The number of aliphatic hydroxyl groups is 6. The van der Waals surface area contributed by atoms with E-state index in [2.05, 4.69) is 19.2 Å². The quantitative estimate of drug-likeness (QED) is 0.0212. The lowest BCUT2D eigenvalue weighted by molar-refractivity contribution is -0.220. The maximum atomic E-state index is 13.0. The van der Waals surface area contributed by atoms with Gasteiger partial charge in [0, 0.05) is 6.42 Å². The van der Waals surface area contributed by atoms with Gasteiger partial charge < -0.3 is 40.8 Å². The van der Waals surface area contributed by atoms with Crippen molar-refractivity contribution in [3.05, 3.63) is 0 Å². The molecule has 0 aliphatic heterocycles. The van der Waals surface area contributed by atoms with Crippen molar-refractivity contribution in [3.8, 4) is 0 Å². The lowest BCUT2D eigenvalue weighted by Crippen LogP contribution is -2.64. The first-order valence-corrected chi connectivity index (χ1v) is 32.5. The standard InChI is InChI=1S/C59H118NO11P/c1-3-5-7-9-11-13-14-15-16-17-18-19-20-21-22-23-24-25-26-27-28-29-30-31-32-33-34-35-36-37-38-39-41-43-45-47-49-53(62)60-51(52(61)48-46-44-42-40-12-10-8-6-4-2)50-70-72(68,69)71-59-57(66)55(64)54(63)56(65)58(59)67/h51-52,54-59,61,63-67H,3-50H2,1-2H3,(H,60,62)(H,68,69)/t51-,52+,54?,55+,56?,57?,58?,59?/m0/s1. The number of hydrogen-bond acceptors (Lipinski definition) is 10. The molecule has 0 heterocycles. The zero-order valence-corrected chi connectivity index (χ0v) is 47.7. The van der Waals surface area contributed by atoms with Crippen LogP contribution in [0.2, 0.25) is 0 Å². The zero-order chi connectivity index (χ0) is 52.8. The van der Waals surface area contributed by atoms with Crippen molar-refractivity contribution in [1.29, 1.82) is 0 Å². The molecule has 0 radical (unpaired) electrons. The maximum Gasteiger partial charge on any atom is 0.472 e. The number of phosphoric ester groups is 1. The number of hydrogen-bond donors (Lipinski definition) is 8. The molecule has 1 amide bonds. The number of unbranched alkanes of at least 4 members (excludes halogenated alkanes) is 43. The molecule has 13 heteroatoms. The molecule has 0 saturated heterocycles. The average molecular weight is 1050 g/mol. The van der Waals surface area contributed by atoms with E-state index in [4.69, 9.17) is 9.05 Å². The first-order chi connectivity index (χ1) is 34.9. The van der Waals surface area contributed by atoms with Gasteiger partial charge in [0.1, 0.15) is 36.6 Å². The van der Waals surface area contributed by atoms with Gasteiger partial charge in [-0.25, -0.2) is 4.57 Å². The minimum atomic E-state index is -5.05. The molecule has 1 rings (SSSR count). The van der Waals surface area contributed by atoms with E-state index in [1.54, 1.807) is 0 Å². The predicted octanol–water partition coefficient (Wildman–Crippen LogP) is 14.5. The van der Waals surface area contributed by atoms with E-state index in [1.807, 2.05) is 0 Å². The number of nitrogens with one attached hydrogen (secondary N) is 1. The molecule has 430 valence electrons. The third kappa shape index (κ3) is 38.8. The smallest absolute Gasteiger partial charge is 0.391 e. The molecule has 1 fully saturated rings. The minimum Gasteiger partial charge on any atom is -0.391 e. The number of amides is 1. The maximum absolute atomic E-state index is 13.0. The summed E-state index contributed by atoms with van der Waals surface area (Å²) < 4.78 is 23.0. The lowest BCUT2D eigenvalue weighted by atomic mass is 9.85. The average Bonchev–Trinajstić information content (AvgIpc) is 3.37.